The lowest BCUT2D eigenvalue weighted by atomic mass is 10.1. The highest BCUT2D eigenvalue weighted by Crippen LogP contribution is 2.30. The summed E-state index contributed by atoms with van der Waals surface area (Å²) in [5.41, 5.74) is 5.29. The second-order valence-corrected chi connectivity index (χ2v) is 6.21. The van der Waals surface area contributed by atoms with Crippen LogP contribution in [0.1, 0.15) is 12.5 Å². The molecule has 0 radical (unpaired) electrons. The van der Waals surface area contributed by atoms with Gasteiger partial charge in [-0.3, -0.25) is 10.2 Å². The molecular weight excluding hydrogens is 409 g/mol. The lowest BCUT2D eigenvalue weighted by Crippen LogP contribution is -2.24. The number of nitrogens with one attached hydrogen (secondary N) is 3. The van der Waals surface area contributed by atoms with Gasteiger partial charge < -0.3 is 21.1 Å². The number of carbonyl (C=O) groups is 1. The van der Waals surface area contributed by atoms with E-state index in [9.17, 15) is 18.0 Å². The number of halogens is 3. The molecule has 0 atom stereocenters. The number of ether oxygens (including phenoxy) is 1. The SMILES string of the molecule is CCO/C(=C/Nc1cccc(C(F)(F)F)c1)C(=O)C(=N)/C(=C/CN)Nc1ccccc1. The molecule has 0 aliphatic carbocycles. The maximum atomic E-state index is 12.9. The van der Waals surface area contributed by atoms with Crippen molar-refractivity contribution < 1.29 is 22.7 Å². The molecule has 0 fully saturated rings. The van der Waals surface area contributed by atoms with Crippen LogP contribution in [0, 0.1) is 5.41 Å². The molecule has 164 valence electrons. The number of Topliss-reactive ketones (excluding diaryl/α,β-unsaturated/α-hetero) is 1. The van der Waals surface area contributed by atoms with Gasteiger partial charge in [-0.1, -0.05) is 24.3 Å². The molecule has 2 rings (SSSR count). The number of nitrogens with two attached hydrogens (primary N) is 1. The maximum absolute atomic E-state index is 12.9. The summed E-state index contributed by atoms with van der Waals surface area (Å²) < 4.78 is 44.0. The molecule has 2 aromatic rings. The summed E-state index contributed by atoms with van der Waals surface area (Å²) in [7, 11) is 0. The van der Waals surface area contributed by atoms with Crippen LogP contribution in [-0.4, -0.2) is 24.6 Å². The summed E-state index contributed by atoms with van der Waals surface area (Å²) >= 11 is 0. The smallest absolute Gasteiger partial charge is 0.416 e. The molecule has 0 unspecified atom stereocenters. The summed E-state index contributed by atoms with van der Waals surface area (Å²) in [5, 5.41) is 13.9. The number of hydrogen-bond donors (Lipinski definition) is 4. The Balaban J connectivity index is 2.23. The van der Waals surface area contributed by atoms with Gasteiger partial charge in [-0.15, -0.1) is 0 Å². The van der Waals surface area contributed by atoms with Gasteiger partial charge in [-0.2, -0.15) is 13.2 Å². The minimum Gasteiger partial charge on any atom is -0.488 e. The first kappa shape index (κ1) is 23.7. The fourth-order valence-corrected chi connectivity index (χ4v) is 2.52. The van der Waals surface area contributed by atoms with Crippen molar-refractivity contribution in [2.75, 3.05) is 23.8 Å². The van der Waals surface area contributed by atoms with Crippen molar-refractivity contribution in [2.24, 2.45) is 5.73 Å². The number of ketones is 1. The summed E-state index contributed by atoms with van der Waals surface area (Å²) in [6.07, 6.45) is -1.87. The van der Waals surface area contributed by atoms with Crippen LogP contribution in [0.5, 0.6) is 0 Å². The van der Waals surface area contributed by atoms with E-state index in [4.69, 9.17) is 15.9 Å². The van der Waals surface area contributed by atoms with Crippen LogP contribution < -0.4 is 16.4 Å². The third-order valence-electron chi connectivity index (χ3n) is 3.95. The quantitative estimate of drug-likeness (QED) is 0.251. The fourth-order valence-electron chi connectivity index (χ4n) is 2.52. The van der Waals surface area contributed by atoms with E-state index < -0.39 is 23.2 Å². The van der Waals surface area contributed by atoms with Crippen LogP contribution in [0.4, 0.5) is 24.5 Å². The zero-order valence-electron chi connectivity index (χ0n) is 16.8. The van der Waals surface area contributed by atoms with Crippen molar-refractivity contribution in [2.45, 2.75) is 13.1 Å². The summed E-state index contributed by atoms with van der Waals surface area (Å²) in [6, 6.07) is 13.4. The van der Waals surface area contributed by atoms with Gasteiger partial charge in [0.2, 0.25) is 5.78 Å². The van der Waals surface area contributed by atoms with E-state index >= 15 is 0 Å². The van der Waals surface area contributed by atoms with Gasteiger partial charge in [-0.25, -0.2) is 0 Å². The second-order valence-electron chi connectivity index (χ2n) is 6.21. The van der Waals surface area contributed by atoms with E-state index in [0.717, 1.165) is 18.3 Å². The fraction of sp³-hybridized carbons (Fsp3) is 0.182. The molecule has 0 heterocycles. The van der Waals surface area contributed by atoms with Crippen molar-refractivity contribution >= 4 is 22.9 Å². The van der Waals surface area contributed by atoms with Gasteiger partial charge in [-0.05, 0) is 43.3 Å². The summed E-state index contributed by atoms with van der Waals surface area (Å²) in [6.45, 7) is 1.85. The highest BCUT2D eigenvalue weighted by molar-refractivity contribution is 6.50. The van der Waals surface area contributed by atoms with Gasteiger partial charge in [0.15, 0.2) is 5.76 Å². The maximum Gasteiger partial charge on any atom is 0.416 e. The Kier molecular flexibility index (Phi) is 8.39. The Labute approximate surface area is 178 Å². The number of para-hydroxylation sites is 1. The van der Waals surface area contributed by atoms with Crippen LogP contribution in [0.25, 0.3) is 0 Å². The first-order valence-corrected chi connectivity index (χ1v) is 9.39. The van der Waals surface area contributed by atoms with Crippen LogP contribution in [0.2, 0.25) is 0 Å². The molecule has 0 amide bonds. The molecule has 0 aromatic heterocycles. The van der Waals surface area contributed by atoms with Crippen molar-refractivity contribution in [3.63, 3.8) is 0 Å². The Hall–Kier alpha value is -3.59. The topological polar surface area (TPSA) is 100 Å². The molecule has 0 aliphatic heterocycles. The van der Waals surface area contributed by atoms with E-state index in [1.165, 1.54) is 18.2 Å². The molecule has 0 saturated heterocycles. The van der Waals surface area contributed by atoms with Crippen LogP contribution >= 0.6 is 0 Å². The number of benzene rings is 2. The van der Waals surface area contributed by atoms with Gasteiger partial charge in [0.05, 0.1) is 17.9 Å². The molecule has 9 heteroatoms. The Morgan fingerprint density at radius 3 is 2.42 bits per heavy atom. The Bertz CT molecular complexity index is 970. The van der Waals surface area contributed by atoms with E-state index in [0.29, 0.717) is 5.69 Å². The minimum atomic E-state index is -4.49. The predicted octanol–water partition coefficient (Wildman–Crippen LogP) is 4.54. The summed E-state index contributed by atoms with van der Waals surface area (Å²) in [4.78, 5) is 12.8. The van der Waals surface area contributed by atoms with Gasteiger partial charge in [0, 0.05) is 24.1 Å². The normalized spacial score (nSPS) is 12.3. The van der Waals surface area contributed by atoms with E-state index in [-0.39, 0.29) is 30.3 Å². The first-order valence-electron chi connectivity index (χ1n) is 9.39. The molecular formula is C22H23F3N4O2. The van der Waals surface area contributed by atoms with Crippen LogP contribution in [-0.2, 0) is 15.7 Å². The van der Waals surface area contributed by atoms with Gasteiger partial charge in [0.25, 0.3) is 0 Å². The third-order valence-corrected chi connectivity index (χ3v) is 3.95. The molecule has 0 aliphatic rings. The number of hydrogen-bond acceptors (Lipinski definition) is 6. The molecule has 6 nitrogen and oxygen atoms in total. The molecule has 5 N–H and O–H groups in total. The number of anilines is 2. The zero-order valence-corrected chi connectivity index (χ0v) is 16.8. The number of carbonyl (C=O) groups excluding carboxylic acids is 1. The Morgan fingerprint density at radius 2 is 1.81 bits per heavy atom. The van der Waals surface area contributed by atoms with Gasteiger partial charge in [0.1, 0.15) is 5.71 Å². The van der Waals surface area contributed by atoms with Crippen LogP contribution in [0.15, 0.2) is 78.3 Å². The molecule has 0 bridgehead atoms. The second kappa shape index (κ2) is 11.0. The zero-order chi connectivity index (χ0) is 22.9. The van der Waals surface area contributed by atoms with Gasteiger partial charge >= 0.3 is 6.18 Å². The third kappa shape index (κ3) is 7.00. The highest BCUT2D eigenvalue weighted by atomic mass is 19.4. The van der Waals surface area contributed by atoms with E-state index in [1.807, 2.05) is 6.07 Å². The molecule has 0 spiro atoms. The van der Waals surface area contributed by atoms with Crippen molar-refractivity contribution in [3.8, 4) is 0 Å². The van der Waals surface area contributed by atoms with Crippen molar-refractivity contribution in [3.05, 3.63) is 83.9 Å². The average Bonchev–Trinajstić information content (AvgIpc) is 2.75. The van der Waals surface area contributed by atoms with Crippen LogP contribution in [0.3, 0.4) is 0 Å². The molecule has 0 saturated carbocycles. The highest BCUT2D eigenvalue weighted by Gasteiger charge is 2.30. The Morgan fingerprint density at radius 1 is 1.13 bits per heavy atom. The van der Waals surface area contributed by atoms with Crippen molar-refractivity contribution in [1.29, 1.82) is 5.41 Å². The number of rotatable bonds is 10. The number of allylic oxidation sites excluding steroid dienone is 2. The molecule has 2 aromatic carbocycles. The average molecular weight is 432 g/mol. The first-order chi connectivity index (χ1) is 14.8. The van der Waals surface area contributed by atoms with E-state index in [1.54, 1.807) is 31.2 Å². The van der Waals surface area contributed by atoms with E-state index in [2.05, 4.69) is 10.6 Å². The number of alkyl halides is 3. The van der Waals surface area contributed by atoms with Crippen molar-refractivity contribution in [1.82, 2.24) is 0 Å². The largest absolute Gasteiger partial charge is 0.488 e. The lowest BCUT2D eigenvalue weighted by Gasteiger charge is -2.14. The standard InChI is InChI=1S/C22H23F3N4O2/c1-2-31-19(14-28-17-10-6-7-15(13-17)22(23,24)25)21(30)20(27)18(11-12-26)29-16-8-4-3-5-9-16/h3-11,13-14,27-29H,2,12,26H2,1H3/b18-11-,19-14+,27-20?. The molecule has 31 heavy (non-hydrogen) atoms. The minimum absolute atomic E-state index is 0.0843. The predicted molar refractivity (Wildman–Crippen MR) is 115 cm³/mol. The lowest BCUT2D eigenvalue weighted by molar-refractivity contribution is -0.137. The monoisotopic (exact) mass is 432 g/mol. The summed E-state index contributed by atoms with van der Waals surface area (Å²) in [5.74, 6) is -0.979.